The lowest BCUT2D eigenvalue weighted by molar-refractivity contribution is -0.0358. The van der Waals surface area contributed by atoms with E-state index in [9.17, 15) is 0 Å². The molecule has 0 radical (unpaired) electrons. The fraction of sp³-hybridized carbons (Fsp3) is 0.650. The van der Waals surface area contributed by atoms with Gasteiger partial charge < -0.3 is 4.98 Å². The van der Waals surface area contributed by atoms with Crippen molar-refractivity contribution < 1.29 is 0 Å². The molecule has 7 unspecified atom stereocenters. The number of fused-ring (bicyclic) bond motifs is 12. The van der Waals surface area contributed by atoms with Crippen molar-refractivity contribution in [1.82, 2.24) is 4.98 Å². The molecule has 8 rings (SSSR count). The van der Waals surface area contributed by atoms with Crippen LogP contribution in [0.1, 0.15) is 116 Å². The Morgan fingerprint density at radius 2 is 1.73 bits per heavy atom. The Labute approximate surface area is 249 Å². The van der Waals surface area contributed by atoms with Crippen molar-refractivity contribution in [3.63, 3.8) is 0 Å². The lowest BCUT2D eigenvalue weighted by Crippen LogP contribution is -2.56. The Morgan fingerprint density at radius 3 is 2.49 bits per heavy atom. The molecular weight excluding hydrogens is 494 g/mol. The molecule has 0 amide bonds. The van der Waals surface area contributed by atoms with Crippen LogP contribution < -0.4 is 0 Å². The van der Waals surface area contributed by atoms with Gasteiger partial charge in [-0.1, -0.05) is 85.3 Å². The summed E-state index contributed by atoms with van der Waals surface area (Å²) in [5.74, 6) is 4.27. The molecule has 7 atom stereocenters. The molecule has 2 fully saturated rings. The molecule has 1 aromatic heterocycles. The molecule has 1 nitrogen and oxygen atoms in total. The zero-order valence-electron chi connectivity index (χ0n) is 27.1. The van der Waals surface area contributed by atoms with Crippen molar-refractivity contribution in [2.24, 2.45) is 51.8 Å². The second-order valence-corrected chi connectivity index (χ2v) is 17.7. The standard InChI is InChI=1S/C40H53N/c1-22(2)27-15-24-12-13-39(8)33(29(24)14-23(27)3)11-10-26-18-31-30-16-25-17-34-32(20-37(4,5)21-38(34,6)7)28(25)19-35(30)41-36(31)40(26,39)9/h14,16,19-20,22,24,26-27,33-34,41H,3,10-13,15,17-18,21H2,1-2,4-9H3. The Hall–Kier alpha value is -2.02. The largest absolute Gasteiger partial charge is 0.358 e. The molecule has 218 valence electrons. The van der Waals surface area contributed by atoms with Gasteiger partial charge in [-0.2, -0.15) is 0 Å². The van der Waals surface area contributed by atoms with Crippen molar-refractivity contribution in [3.8, 4) is 0 Å². The number of aromatic nitrogens is 1. The summed E-state index contributed by atoms with van der Waals surface area (Å²) in [5, 5.41) is 1.55. The summed E-state index contributed by atoms with van der Waals surface area (Å²) in [5.41, 5.74) is 13.8. The predicted molar refractivity (Wildman–Crippen MR) is 174 cm³/mol. The van der Waals surface area contributed by atoms with Crippen LogP contribution in [0, 0.1) is 51.8 Å². The van der Waals surface area contributed by atoms with Crippen LogP contribution in [-0.2, 0) is 18.3 Å². The van der Waals surface area contributed by atoms with Gasteiger partial charge in [-0.05, 0) is 138 Å². The summed E-state index contributed by atoms with van der Waals surface area (Å²) >= 11 is 0. The van der Waals surface area contributed by atoms with Gasteiger partial charge in [-0.25, -0.2) is 0 Å². The van der Waals surface area contributed by atoms with Crippen LogP contribution >= 0.6 is 0 Å². The quantitative estimate of drug-likeness (QED) is 0.365. The molecule has 0 aliphatic heterocycles. The van der Waals surface area contributed by atoms with Gasteiger partial charge in [0.25, 0.3) is 0 Å². The molecule has 0 bridgehead atoms. The molecule has 2 aromatic rings. The maximum Gasteiger partial charge on any atom is 0.0465 e. The monoisotopic (exact) mass is 547 g/mol. The summed E-state index contributed by atoms with van der Waals surface area (Å²) < 4.78 is 0. The van der Waals surface area contributed by atoms with Gasteiger partial charge >= 0.3 is 0 Å². The third kappa shape index (κ3) is 3.36. The van der Waals surface area contributed by atoms with E-state index in [1.165, 1.54) is 62.5 Å². The van der Waals surface area contributed by atoms with E-state index >= 15 is 0 Å². The number of H-pyrrole nitrogens is 1. The summed E-state index contributed by atoms with van der Waals surface area (Å²) in [4.78, 5) is 4.18. The molecule has 6 aliphatic carbocycles. The van der Waals surface area contributed by atoms with E-state index in [1.54, 1.807) is 38.9 Å². The highest BCUT2D eigenvalue weighted by atomic mass is 14.8. The van der Waals surface area contributed by atoms with Crippen LogP contribution in [0.5, 0.6) is 0 Å². The van der Waals surface area contributed by atoms with Crippen LogP contribution in [0.3, 0.4) is 0 Å². The first-order valence-electron chi connectivity index (χ1n) is 17.0. The third-order valence-electron chi connectivity index (χ3n) is 14.2. The molecule has 1 heteroatoms. The van der Waals surface area contributed by atoms with Crippen molar-refractivity contribution in [3.05, 3.63) is 64.4 Å². The summed E-state index contributed by atoms with van der Waals surface area (Å²) in [6.45, 7) is 24.7. The van der Waals surface area contributed by atoms with Gasteiger partial charge in [0.05, 0.1) is 0 Å². The van der Waals surface area contributed by atoms with Crippen molar-refractivity contribution >= 4 is 16.5 Å². The smallest absolute Gasteiger partial charge is 0.0465 e. The minimum absolute atomic E-state index is 0.216. The minimum atomic E-state index is 0.216. The first kappa shape index (κ1) is 26.6. The number of aromatic amines is 1. The summed E-state index contributed by atoms with van der Waals surface area (Å²) in [6.07, 6.45) is 15.8. The normalized spacial score (nSPS) is 39.8. The number of hydrogen-bond acceptors (Lipinski definition) is 0. The molecule has 41 heavy (non-hydrogen) atoms. The van der Waals surface area contributed by atoms with Gasteiger partial charge in [-0.3, -0.25) is 0 Å². The van der Waals surface area contributed by atoms with Crippen LogP contribution in [0.25, 0.3) is 16.5 Å². The van der Waals surface area contributed by atoms with Gasteiger partial charge in [0.15, 0.2) is 0 Å². The van der Waals surface area contributed by atoms with E-state index < -0.39 is 0 Å². The van der Waals surface area contributed by atoms with Gasteiger partial charge in [0.1, 0.15) is 0 Å². The minimum Gasteiger partial charge on any atom is -0.358 e. The molecule has 1 heterocycles. The molecular formula is C40H53N. The van der Waals surface area contributed by atoms with Crippen LogP contribution in [0.4, 0.5) is 0 Å². The Bertz CT molecular complexity index is 1550. The van der Waals surface area contributed by atoms with E-state index in [0.717, 1.165) is 11.8 Å². The zero-order chi connectivity index (χ0) is 28.9. The molecule has 1 aromatic carbocycles. The number of nitrogens with one attached hydrogen (secondary N) is 1. The highest BCUT2D eigenvalue weighted by molar-refractivity contribution is 5.92. The number of rotatable bonds is 1. The molecule has 6 aliphatic rings. The highest BCUT2D eigenvalue weighted by Gasteiger charge is 2.63. The first-order chi connectivity index (χ1) is 19.2. The zero-order valence-corrected chi connectivity index (χ0v) is 27.1. The van der Waals surface area contributed by atoms with Gasteiger partial charge in [0, 0.05) is 22.0 Å². The van der Waals surface area contributed by atoms with Gasteiger partial charge in [-0.15, -0.1) is 0 Å². The fourth-order valence-corrected chi connectivity index (χ4v) is 12.3. The van der Waals surface area contributed by atoms with E-state index in [1.807, 2.05) is 0 Å². The predicted octanol–water partition coefficient (Wildman–Crippen LogP) is 10.6. The average molecular weight is 548 g/mol. The molecule has 2 saturated carbocycles. The van der Waals surface area contributed by atoms with Crippen LogP contribution in [0.15, 0.2) is 42.0 Å². The van der Waals surface area contributed by atoms with Crippen molar-refractivity contribution in [1.29, 1.82) is 0 Å². The Morgan fingerprint density at radius 1 is 0.951 bits per heavy atom. The highest BCUT2D eigenvalue weighted by Crippen LogP contribution is 2.69. The Balaban J connectivity index is 1.22. The van der Waals surface area contributed by atoms with E-state index in [0.29, 0.717) is 34.5 Å². The summed E-state index contributed by atoms with van der Waals surface area (Å²) in [7, 11) is 0. The second-order valence-electron chi connectivity index (χ2n) is 17.7. The maximum atomic E-state index is 4.61. The van der Waals surface area contributed by atoms with Crippen LogP contribution in [-0.4, -0.2) is 4.98 Å². The lowest BCUT2D eigenvalue weighted by atomic mass is 9.43. The first-order valence-corrected chi connectivity index (χ1v) is 17.0. The lowest BCUT2D eigenvalue weighted by Gasteiger charge is -2.61. The number of allylic oxidation sites excluding steroid dienone is 5. The van der Waals surface area contributed by atoms with Crippen molar-refractivity contribution in [2.75, 3.05) is 0 Å². The summed E-state index contributed by atoms with van der Waals surface area (Å²) in [6, 6.07) is 5.21. The average Bonchev–Trinajstić information content (AvgIpc) is 3.51. The van der Waals surface area contributed by atoms with Crippen LogP contribution in [0.2, 0.25) is 0 Å². The Kier molecular flexibility index (Phi) is 5.27. The third-order valence-corrected chi connectivity index (χ3v) is 14.2. The molecule has 1 N–H and O–H groups in total. The topological polar surface area (TPSA) is 15.8 Å². The number of benzene rings is 1. The molecule has 0 saturated heterocycles. The van der Waals surface area contributed by atoms with E-state index in [2.05, 4.69) is 91.2 Å². The van der Waals surface area contributed by atoms with Gasteiger partial charge in [0.2, 0.25) is 0 Å². The SMILES string of the molecule is C=C1C=C2C(CCC3(C)C2CCC2Cc4c([nH]c5cc6c(cc45)CC4C6=CC(C)(C)CC4(C)C)C23C)CC1C(C)C. The fourth-order valence-electron chi connectivity index (χ4n) is 12.3. The van der Waals surface area contributed by atoms with E-state index in [-0.39, 0.29) is 10.8 Å². The second kappa shape index (κ2) is 8.12. The van der Waals surface area contributed by atoms with Crippen molar-refractivity contribution in [2.45, 2.75) is 112 Å². The maximum absolute atomic E-state index is 4.61. The van der Waals surface area contributed by atoms with E-state index in [4.69, 9.17) is 0 Å². The number of hydrogen-bond donors (Lipinski definition) is 1. The molecule has 0 spiro atoms.